The summed E-state index contributed by atoms with van der Waals surface area (Å²) in [7, 11) is 5.71. The second-order valence-electron chi connectivity index (χ2n) is 5.47. The van der Waals surface area contributed by atoms with E-state index < -0.39 is 0 Å². The van der Waals surface area contributed by atoms with Gasteiger partial charge < -0.3 is 31.8 Å². The largest absolute Gasteiger partial charge is 1.00 e. The lowest BCUT2D eigenvalue weighted by Gasteiger charge is -2.19. The summed E-state index contributed by atoms with van der Waals surface area (Å²) in [6, 6.07) is 11.4. The molecule has 0 saturated carbocycles. The molecular formula is C17H23ClN2O3. The van der Waals surface area contributed by atoms with Crippen molar-refractivity contribution in [3.63, 3.8) is 0 Å². The van der Waals surface area contributed by atoms with E-state index in [0.717, 1.165) is 17.1 Å². The molecule has 6 heteroatoms. The molecule has 2 N–H and O–H groups in total. The molecule has 0 fully saturated rings. The molecule has 5 nitrogen and oxygen atoms in total. The van der Waals surface area contributed by atoms with Crippen molar-refractivity contribution in [1.29, 1.82) is 0 Å². The molecule has 0 aliphatic heterocycles. The van der Waals surface area contributed by atoms with Crippen LogP contribution in [0.3, 0.4) is 0 Å². The van der Waals surface area contributed by atoms with E-state index in [4.69, 9.17) is 9.15 Å². The third-order valence-electron chi connectivity index (χ3n) is 3.61. The highest BCUT2D eigenvalue weighted by Gasteiger charge is 2.21. The predicted molar refractivity (Wildman–Crippen MR) is 84.0 cm³/mol. The van der Waals surface area contributed by atoms with Gasteiger partial charge in [-0.2, -0.15) is 0 Å². The van der Waals surface area contributed by atoms with E-state index in [0.29, 0.717) is 13.0 Å². The van der Waals surface area contributed by atoms with Crippen molar-refractivity contribution in [2.24, 2.45) is 0 Å². The average Bonchev–Trinajstić information content (AvgIpc) is 3.02. The van der Waals surface area contributed by atoms with Crippen molar-refractivity contribution < 1.29 is 31.3 Å². The Kier molecular flexibility index (Phi) is 7.65. The van der Waals surface area contributed by atoms with Crippen LogP contribution in [0.25, 0.3) is 0 Å². The fourth-order valence-electron chi connectivity index (χ4n) is 2.29. The Balaban J connectivity index is 0.00000264. The van der Waals surface area contributed by atoms with Crippen LogP contribution in [0.1, 0.15) is 17.4 Å². The highest BCUT2D eigenvalue weighted by atomic mass is 35.5. The Bertz CT molecular complexity index is 582. The smallest absolute Gasteiger partial charge is 0.224 e. The number of rotatable bonds is 7. The number of amides is 1. The molecule has 0 aliphatic rings. The third kappa shape index (κ3) is 5.62. The van der Waals surface area contributed by atoms with E-state index in [9.17, 15) is 4.79 Å². The number of quaternary nitrogens is 1. The summed E-state index contributed by atoms with van der Waals surface area (Å²) in [5.41, 5.74) is 0.963. The molecule has 0 radical (unpaired) electrons. The summed E-state index contributed by atoms with van der Waals surface area (Å²) in [6.07, 6.45) is 2.02. The normalized spacial score (nSPS) is 11.7. The van der Waals surface area contributed by atoms with Gasteiger partial charge in [-0.15, -0.1) is 0 Å². The number of hydrogen-bond donors (Lipinski definition) is 2. The van der Waals surface area contributed by atoms with Gasteiger partial charge in [-0.1, -0.05) is 12.1 Å². The number of furan rings is 1. The number of benzene rings is 1. The second kappa shape index (κ2) is 9.22. The van der Waals surface area contributed by atoms with Gasteiger partial charge in [0.15, 0.2) is 11.8 Å². The molecule has 1 unspecified atom stereocenters. The molecule has 1 aromatic carbocycles. The summed E-state index contributed by atoms with van der Waals surface area (Å²) in [6.45, 7) is 0.546. The zero-order valence-corrected chi connectivity index (χ0v) is 14.4. The summed E-state index contributed by atoms with van der Waals surface area (Å²) >= 11 is 0. The number of carbonyl (C=O) groups is 1. The van der Waals surface area contributed by atoms with Gasteiger partial charge in [-0.25, -0.2) is 0 Å². The minimum atomic E-state index is 0. The van der Waals surface area contributed by atoms with Crippen LogP contribution in [-0.4, -0.2) is 33.7 Å². The Morgan fingerprint density at radius 3 is 2.48 bits per heavy atom. The van der Waals surface area contributed by atoms with E-state index >= 15 is 0 Å². The monoisotopic (exact) mass is 338 g/mol. The summed E-state index contributed by atoms with van der Waals surface area (Å²) in [4.78, 5) is 13.3. The maximum atomic E-state index is 12.1. The SMILES string of the molecule is COc1ccc(CC(=O)NCC(c2ccco2)[NH+](C)C)cc1.[Cl-]. The first-order chi connectivity index (χ1) is 10.6. The minimum Gasteiger partial charge on any atom is -1.00 e. The van der Waals surface area contributed by atoms with E-state index in [1.54, 1.807) is 13.4 Å². The summed E-state index contributed by atoms with van der Waals surface area (Å²) in [5.74, 6) is 1.67. The first-order valence-electron chi connectivity index (χ1n) is 7.33. The molecule has 0 spiro atoms. The van der Waals surface area contributed by atoms with Crippen molar-refractivity contribution in [3.05, 3.63) is 54.0 Å². The fourth-order valence-corrected chi connectivity index (χ4v) is 2.29. The van der Waals surface area contributed by atoms with Gasteiger partial charge in [0.2, 0.25) is 5.91 Å². The summed E-state index contributed by atoms with van der Waals surface area (Å²) < 4.78 is 10.6. The van der Waals surface area contributed by atoms with Gasteiger partial charge in [0, 0.05) is 0 Å². The van der Waals surface area contributed by atoms with Crippen molar-refractivity contribution in [2.45, 2.75) is 12.5 Å². The van der Waals surface area contributed by atoms with Gasteiger partial charge in [-0.05, 0) is 29.8 Å². The molecule has 0 aliphatic carbocycles. The molecule has 23 heavy (non-hydrogen) atoms. The Morgan fingerprint density at radius 1 is 1.26 bits per heavy atom. The van der Waals surface area contributed by atoms with E-state index in [-0.39, 0.29) is 24.4 Å². The molecular weight excluding hydrogens is 316 g/mol. The third-order valence-corrected chi connectivity index (χ3v) is 3.61. The second-order valence-corrected chi connectivity index (χ2v) is 5.47. The van der Waals surface area contributed by atoms with Gasteiger partial charge in [-0.3, -0.25) is 4.79 Å². The lowest BCUT2D eigenvalue weighted by atomic mass is 10.1. The van der Waals surface area contributed by atoms with Gasteiger partial charge >= 0.3 is 0 Å². The number of hydrogen-bond acceptors (Lipinski definition) is 3. The van der Waals surface area contributed by atoms with Crippen LogP contribution in [0, 0.1) is 0 Å². The first kappa shape index (κ1) is 19.1. The zero-order chi connectivity index (χ0) is 15.9. The van der Waals surface area contributed by atoms with Gasteiger partial charge in [0.25, 0.3) is 0 Å². The maximum absolute atomic E-state index is 12.1. The predicted octanol–water partition coefficient (Wildman–Crippen LogP) is -2.16. The molecule has 2 aromatic rings. The van der Waals surface area contributed by atoms with E-state index in [1.165, 1.54) is 4.90 Å². The minimum absolute atomic E-state index is 0. The number of carbonyl (C=O) groups excluding carboxylic acids is 1. The Hall–Kier alpha value is -1.98. The lowest BCUT2D eigenvalue weighted by molar-refractivity contribution is -0.891. The molecule has 0 bridgehead atoms. The topological polar surface area (TPSA) is 55.9 Å². The van der Waals surface area contributed by atoms with Crippen molar-refractivity contribution >= 4 is 5.91 Å². The molecule has 1 amide bonds. The van der Waals surface area contributed by atoms with Crippen LogP contribution in [-0.2, 0) is 11.2 Å². The number of likely N-dealkylation sites (N-methyl/N-ethyl adjacent to an activating group) is 1. The van der Waals surface area contributed by atoms with E-state index in [2.05, 4.69) is 5.32 Å². The molecule has 2 rings (SSSR count). The van der Waals surface area contributed by atoms with Crippen molar-refractivity contribution in [2.75, 3.05) is 27.7 Å². The van der Waals surface area contributed by atoms with Crippen LogP contribution in [0.4, 0.5) is 0 Å². The van der Waals surface area contributed by atoms with Crippen molar-refractivity contribution in [3.8, 4) is 5.75 Å². The van der Waals surface area contributed by atoms with Crippen molar-refractivity contribution in [1.82, 2.24) is 5.32 Å². The Morgan fingerprint density at radius 2 is 1.96 bits per heavy atom. The average molecular weight is 339 g/mol. The number of ether oxygens (including phenoxy) is 1. The quantitative estimate of drug-likeness (QED) is 0.604. The van der Waals surface area contributed by atoms with Crippen LogP contribution >= 0.6 is 0 Å². The molecule has 126 valence electrons. The zero-order valence-electron chi connectivity index (χ0n) is 13.6. The van der Waals surface area contributed by atoms with E-state index in [1.807, 2.05) is 50.5 Å². The number of halogens is 1. The maximum Gasteiger partial charge on any atom is 0.224 e. The number of methoxy groups -OCH3 is 1. The highest BCUT2D eigenvalue weighted by Crippen LogP contribution is 2.12. The van der Waals surface area contributed by atoms with Gasteiger partial charge in [0.1, 0.15) is 5.75 Å². The lowest BCUT2D eigenvalue weighted by Crippen LogP contribution is -3.07. The molecule has 1 aromatic heterocycles. The molecule has 1 atom stereocenters. The van der Waals surface area contributed by atoms with Crippen LogP contribution in [0.5, 0.6) is 5.75 Å². The summed E-state index contributed by atoms with van der Waals surface area (Å²) in [5, 5.41) is 2.98. The highest BCUT2D eigenvalue weighted by molar-refractivity contribution is 5.78. The van der Waals surface area contributed by atoms with Crippen LogP contribution in [0.15, 0.2) is 47.1 Å². The molecule has 1 heterocycles. The molecule has 0 saturated heterocycles. The van der Waals surface area contributed by atoms with Crippen LogP contribution in [0.2, 0.25) is 0 Å². The fraction of sp³-hybridized carbons (Fsp3) is 0.353. The number of nitrogens with one attached hydrogen (secondary N) is 2. The van der Waals surface area contributed by atoms with Crippen LogP contribution < -0.4 is 27.4 Å². The first-order valence-corrected chi connectivity index (χ1v) is 7.33. The standard InChI is InChI=1S/C17H22N2O3.ClH/c1-19(2)15(16-5-4-10-22-16)12-18-17(20)11-13-6-8-14(21-3)9-7-13;/h4-10,15H,11-12H2,1-3H3,(H,18,20);1H. The Labute approximate surface area is 143 Å². The van der Waals surface area contributed by atoms with Gasteiger partial charge in [0.05, 0.1) is 40.4 Å².